The number of thioether (sulfide) groups is 1. The highest BCUT2D eigenvalue weighted by molar-refractivity contribution is 8.00. The van der Waals surface area contributed by atoms with Crippen molar-refractivity contribution in [3.63, 3.8) is 0 Å². The summed E-state index contributed by atoms with van der Waals surface area (Å²) in [5.41, 5.74) is 0.523. The SMILES string of the molecule is CC1=C(C(=O)OC(C)(C)C)N2C(=O)C(NC=O)[C@@H]2SC1. The second-order valence-corrected chi connectivity index (χ2v) is 6.91. The van der Waals surface area contributed by atoms with Gasteiger partial charge >= 0.3 is 5.97 Å². The highest BCUT2D eigenvalue weighted by Gasteiger charge is 2.53. The van der Waals surface area contributed by atoms with Gasteiger partial charge in [-0.2, -0.15) is 0 Å². The molecule has 0 aromatic carbocycles. The van der Waals surface area contributed by atoms with Crippen LogP contribution in [-0.2, 0) is 19.1 Å². The third-order valence-electron chi connectivity index (χ3n) is 3.00. The van der Waals surface area contributed by atoms with Gasteiger partial charge in [0.2, 0.25) is 6.41 Å². The minimum atomic E-state index is -0.612. The molecule has 1 fully saturated rings. The lowest BCUT2D eigenvalue weighted by Crippen LogP contribution is -2.69. The van der Waals surface area contributed by atoms with E-state index in [1.807, 2.05) is 6.92 Å². The smallest absolute Gasteiger partial charge is 0.355 e. The fourth-order valence-corrected chi connectivity index (χ4v) is 3.49. The maximum absolute atomic E-state index is 12.3. The highest BCUT2D eigenvalue weighted by atomic mass is 32.2. The number of amides is 2. The van der Waals surface area contributed by atoms with Crippen molar-refractivity contribution in [1.82, 2.24) is 10.2 Å². The van der Waals surface area contributed by atoms with E-state index in [-0.39, 0.29) is 11.3 Å². The number of rotatable bonds is 3. The number of fused-ring (bicyclic) bond motifs is 1. The third kappa shape index (κ3) is 2.54. The van der Waals surface area contributed by atoms with Crippen LogP contribution in [0, 0.1) is 0 Å². The first kappa shape index (κ1) is 14.9. The number of ether oxygens (including phenoxy) is 1. The van der Waals surface area contributed by atoms with Crippen molar-refractivity contribution in [3.8, 4) is 0 Å². The molecule has 1 unspecified atom stereocenters. The molecule has 2 amide bonds. The normalized spacial score (nSPS) is 25.8. The van der Waals surface area contributed by atoms with Crippen LogP contribution < -0.4 is 5.32 Å². The Bertz CT molecular complexity index is 495. The van der Waals surface area contributed by atoms with Gasteiger partial charge in [-0.05, 0) is 33.3 Å². The molecule has 6 nitrogen and oxygen atoms in total. The number of hydrogen-bond acceptors (Lipinski definition) is 5. The molecule has 2 heterocycles. The largest absolute Gasteiger partial charge is 0.455 e. The molecule has 2 atom stereocenters. The van der Waals surface area contributed by atoms with Gasteiger partial charge < -0.3 is 10.1 Å². The van der Waals surface area contributed by atoms with Crippen molar-refractivity contribution < 1.29 is 19.1 Å². The fraction of sp³-hybridized carbons (Fsp3) is 0.615. The summed E-state index contributed by atoms with van der Waals surface area (Å²) in [5.74, 6) is -0.118. The Balaban J connectivity index is 2.22. The molecule has 2 aliphatic heterocycles. The van der Waals surface area contributed by atoms with Crippen molar-refractivity contribution in [2.75, 3.05) is 5.75 Å². The lowest BCUT2D eigenvalue weighted by Gasteiger charge is -2.49. The molecule has 0 spiro atoms. The van der Waals surface area contributed by atoms with Crippen LogP contribution in [0.3, 0.4) is 0 Å². The summed E-state index contributed by atoms with van der Waals surface area (Å²) >= 11 is 1.53. The van der Waals surface area contributed by atoms with Crippen LogP contribution in [0.25, 0.3) is 0 Å². The van der Waals surface area contributed by atoms with Crippen molar-refractivity contribution in [2.45, 2.75) is 44.7 Å². The van der Waals surface area contributed by atoms with E-state index in [2.05, 4.69) is 5.32 Å². The summed E-state index contributed by atoms with van der Waals surface area (Å²) < 4.78 is 5.35. The van der Waals surface area contributed by atoms with E-state index in [1.165, 1.54) is 16.7 Å². The van der Waals surface area contributed by atoms with E-state index in [4.69, 9.17) is 4.74 Å². The second-order valence-electron chi connectivity index (χ2n) is 5.80. The molecular weight excluding hydrogens is 280 g/mol. The second kappa shape index (κ2) is 5.12. The van der Waals surface area contributed by atoms with Gasteiger partial charge in [0.25, 0.3) is 5.91 Å². The zero-order chi connectivity index (χ0) is 15.1. The maximum atomic E-state index is 12.3. The first-order valence-electron chi connectivity index (χ1n) is 6.33. The van der Waals surface area contributed by atoms with Crippen LogP contribution in [0.2, 0.25) is 0 Å². The van der Waals surface area contributed by atoms with Gasteiger partial charge in [0.1, 0.15) is 22.7 Å². The monoisotopic (exact) mass is 298 g/mol. The van der Waals surface area contributed by atoms with Gasteiger partial charge in [-0.3, -0.25) is 14.5 Å². The van der Waals surface area contributed by atoms with Crippen molar-refractivity contribution in [2.24, 2.45) is 0 Å². The zero-order valence-corrected chi connectivity index (χ0v) is 12.7. The Labute approximate surface area is 121 Å². The van der Waals surface area contributed by atoms with Crippen LogP contribution in [0.5, 0.6) is 0 Å². The number of nitrogens with zero attached hydrogens (tertiary/aromatic N) is 1. The highest BCUT2D eigenvalue weighted by Crippen LogP contribution is 2.40. The average Bonchev–Trinajstić information content (AvgIpc) is 2.33. The number of hydrogen-bond donors (Lipinski definition) is 1. The Morgan fingerprint density at radius 1 is 1.50 bits per heavy atom. The standard InChI is InChI=1S/C13H18N2O4S/c1-7-5-20-11-8(14-6-16)10(17)15(11)9(7)12(18)19-13(2,3)4/h6,8,11H,5H2,1-4H3,(H,14,16)/t8?,11-/m0/s1. The van der Waals surface area contributed by atoms with E-state index in [0.717, 1.165) is 5.57 Å². The predicted octanol–water partition coefficient (Wildman–Crippen LogP) is 0.632. The molecule has 110 valence electrons. The molecule has 2 rings (SSSR count). The summed E-state index contributed by atoms with van der Waals surface area (Å²) in [5, 5.41) is 2.26. The number of carbonyl (C=O) groups excluding carboxylic acids is 3. The molecule has 0 aromatic heterocycles. The van der Waals surface area contributed by atoms with Crippen LogP contribution in [0.15, 0.2) is 11.3 Å². The maximum Gasteiger partial charge on any atom is 0.355 e. The molecule has 0 bridgehead atoms. The van der Waals surface area contributed by atoms with Gasteiger partial charge in [0.15, 0.2) is 0 Å². The lowest BCUT2D eigenvalue weighted by atomic mass is 10.0. The van der Waals surface area contributed by atoms with E-state index in [9.17, 15) is 14.4 Å². The van der Waals surface area contributed by atoms with Crippen molar-refractivity contribution in [3.05, 3.63) is 11.3 Å². The molecule has 0 aromatic rings. The molecule has 1 N–H and O–H groups in total. The van der Waals surface area contributed by atoms with Crippen molar-refractivity contribution >= 4 is 30.0 Å². The molecule has 0 saturated carbocycles. The summed E-state index contributed by atoms with van der Waals surface area (Å²) in [6, 6.07) is -0.553. The van der Waals surface area contributed by atoms with Gasteiger partial charge in [0.05, 0.1) is 0 Å². The summed E-state index contributed by atoms with van der Waals surface area (Å²) in [6.07, 6.45) is 0.513. The van der Waals surface area contributed by atoms with Crippen molar-refractivity contribution in [1.29, 1.82) is 0 Å². The minimum absolute atomic E-state index is 0.223. The van der Waals surface area contributed by atoms with E-state index < -0.39 is 17.6 Å². The van der Waals surface area contributed by atoms with Crippen LogP contribution in [0.4, 0.5) is 0 Å². The summed E-state index contributed by atoms with van der Waals surface area (Å²) in [7, 11) is 0. The summed E-state index contributed by atoms with van der Waals surface area (Å²) in [6.45, 7) is 7.16. The first-order chi connectivity index (χ1) is 9.26. The molecule has 2 aliphatic rings. The predicted molar refractivity (Wildman–Crippen MR) is 74.6 cm³/mol. The molecule has 0 radical (unpaired) electrons. The molecular formula is C13H18N2O4S. The van der Waals surface area contributed by atoms with Gasteiger partial charge in [0, 0.05) is 5.75 Å². The van der Waals surface area contributed by atoms with Crippen LogP contribution in [0.1, 0.15) is 27.7 Å². The topological polar surface area (TPSA) is 75.7 Å². The molecule has 0 aliphatic carbocycles. The zero-order valence-electron chi connectivity index (χ0n) is 11.9. The number of carbonyl (C=O) groups is 3. The Kier molecular flexibility index (Phi) is 3.82. The van der Waals surface area contributed by atoms with E-state index >= 15 is 0 Å². The van der Waals surface area contributed by atoms with Gasteiger partial charge in [-0.15, -0.1) is 11.8 Å². The van der Waals surface area contributed by atoms with Crippen LogP contribution in [-0.4, -0.2) is 46.0 Å². The fourth-order valence-electron chi connectivity index (χ4n) is 2.18. The Morgan fingerprint density at radius 3 is 2.70 bits per heavy atom. The first-order valence-corrected chi connectivity index (χ1v) is 7.38. The quantitative estimate of drug-likeness (QED) is 0.470. The third-order valence-corrected chi connectivity index (χ3v) is 4.42. The van der Waals surface area contributed by atoms with Crippen LogP contribution >= 0.6 is 11.8 Å². The molecule has 1 saturated heterocycles. The number of esters is 1. The van der Waals surface area contributed by atoms with E-state index in [1.54, 1.807) is 20.8 Å². The Morgan fingerprint density at radius 2 is 2.15 bits per heavy atom. The Hall–Kier alpha value is -1.50. The average molecular weight is 298 g/mol. The number of nitrogens with one attached hydrogen (secondary N) is 1. The minimum Gasteiger partial charge on any atom is -0.455 e. The summed E-state index contributed by atoms with van der Waals surface area (Å²) in [4.78, 5) is 36.2. The molecule has 7 heteroatoms. The molecule has 20 heavy (non-hydrogen) atoms. The number of β-lactam (4-membered cyclic amide) rings is 1. The lowest BCUT2D eigenvalue weighted by molar-refractivity contribution is -0.158. The van der Waals surface area contributed by atoms with Gasteiger partial charge in [-0.25, -0.2) is 4.79 Å². The van der Waals surface area contributed by atoms with Gasteiger partial charge in [-0.1, -0.05) is 0 Å². The van der Waals surface area contributed by atoms with E-state index in [0.29, 0.717) is 17.9 Å².